The molecule has 0 aromatic rings. The molecule has 0 aliphatic heterocycles. The third-order valence-electron chi connectivity index (χ3n) is 0. The molecule has 6 nitrogen and oxygen atoms in total. The molecule has 0 amide bonds. The summed E-state index contributed by atoms with van der Waals surface area (Å²) in [5, 5.41) is 21.0. The van der Waals surface area contributed by atoms with Crippen LogP contribution < -0.4 is 0 Å². The Morgan fingerprint density at radius 1 is 0.800 bits per heavy atom. The van der Waals surface area contributed by atoms with Gasteiger partial charge in [0.15, 0.2) is 0 Å². The van der Waals surface area contributed by atoms with E-state index in [1.165, 1.54) is 0 Å². The van der Waals surface area contributed by atoms with Crippen LogP contribution in [0.2, 0.25) is 0 Å². The van der Waals surface area contributed by atoms with Crippen molar-refractivity contribution in [1.29, 1.82) is 0 Å². The van der Waals surface area contributed by atoms with Crippen LogP contribution in [0.5, 0.6) is 0 Å². The molecule has 4 N–H and O–H groups in total. The van der Waals surface area contributed by atoms with Crippen LogP contribution in [0.1, 0.15) is 0 Å². The Kier molecular flexibility index (Phi) is 143. The van der Waals surface area contributed by atoms with Gasteiger partial charge in [0.1, 0.15) is 0 Å². The zero-order valence-electron chi connectivity index (χ0n) is 6.05. The summed E-state index contributed by atoms with van der Waals surface area (Å²) in [4.78, 5) is 0. The van der Waals surface area contributed by atoms with Gasteiger partial charge in [0, 0.05) is 21.3 Å². The topological polar surface area (TPSA) is 115 Å². The van der Waals surface area contributed by atoms with Gasteiger partial charge in [0.2, 0.25) is 0 Å². The van der Waals surface area contributed by atoms with Gasteiger partial charge >= 0.3 is 26.8 Å². The Hall–Kier alpha value is 0.0244. The van der Waals surface area contributed by atoms with Crippen molar-refractivity contribution in [1.82, 2.24) is 0 Å². The van der Waals surface area contributed by atoms with Crippen LogP contribution in [0, 0.1) is 0 Å². The molecule has 7 heteroatoms. The molecule has 0 saturated carbocycles. The SMILES string of the molecule is CO.CO.CO.[O]=[V](=[O])[OH]. The summed E-state index contributed by atoms with van der Waals surface area (Å²) in [5.41, 5.74) is 0. The average molecular weight is 196 g/mol. The molecule has 0 atom stereocenters. The molecule has 0 spiro atoms. The molecule has 0 saturated heterocycles. The average Bonchev–Trinajstić information content (AvgIpc) is 1.98. The van der Waals surface area contributed by atoms with Crippen LogP contribution in [0.25, 0.3) is 0 Å². The summed E-state index contributed by atoms with van der Waals surface area (Å²) in [6, 6.07) is 0. The Balaban J connectivity index is -0.0000000262. The number of rotatable bonds is 0. The number of aliphatic hydroxyl groups is 3. The normalized spacial score (nSPS) is 4.30. The van der Waals surface area contributed by atoms with Crippen molar-refractivity contribution < 1.29 is 42.1 Å². The first-order valence-electron chi connectivity index (χ1n) is 1.91. The summed E-state index contributed by atoms with van der Waals surface area (Å²) in [5.74, 6) is 0. The van der Waals surface area contributed by atoms with E-state index in [0.29, 0.717) is 0 Å². The minimum absolute atomic E-state index is 1.00. The van der Waals surface area contributed by atoms with E-state index in [2.05, 4.69) is 0 Å². The van der Waals surface area contributed by atoms with Crippen molar-refractivity contribution in [2.75, 3.05) is 21.3 Å². The van der Waals surface area contributed by atoms with E-state index in [-0.39, 0.29) is 0 Å². The zero-order chi connectivity index (χ0) is 9.58. The van der Waals surface area contributed by atoms with Gasteiger partial charge in [0.05, 0.1) is 0 Å². The molecule has 0 radical (unpaired) electrons. The van der Waals surface area contributed by atoms with E-state index in [9.17, 15) is 0 Å². The number of aliphatic hydroxyl groups excluding tert-OH is 3. The molecule has 0 aliphatic rings. The number of hydrogen-bond acceptors (Lipinski definition) is 5. The standard InChI is InChI=1S/3CH4O.H2O.2O.V/c3*1-2;;;;/h3*2H,1H3;1H2;;;/q;;;;;;+1/p-1. The predicted octanol–water partition coefficient (Wildman–Crippen LogP) is -1.97. The first-order valence-corrected chi connectivity index (χ1v) is 3.67. The molecule has 0 rings (SSSR count). The molecule has 0 fully saturated rings. The molecule has 0 unspecified atom stereocenters. The van der Waals surface area contributed by atoms with Crippen LogP contribution >= 0.6 is 0 Å². The molecule has 0 bridgehead atoms. The first kappa shape index (κ1) is 22.5. The van der Waals surface area contributed by atoms with Crippen molar-refractivity contribution in [3.05, 3.63) is 0 Å². The van der Waals surface area contributed by atoms with Crippen LogP contribution in [0.3, 0.4) is 0 Å². The van der Waals surface area contributed by atoms with E-state index >= 15 is 0 Å². The quantitative estimate of drug-likeness (QED) is 0.357. The third-order valence-corrected chi connectivity index (χ3v) is 0. The predicted molar refractivity (Wildman–Crippen MR) is 28.0 cm³/mol. The van der Waals surface area contributed by atoms with Gasteiger partial charge in [-0.25, -0.2) is 0 Å². The van der Waals surface area contributed by atoms with Gasteiger partial charge in [-0.15, -0.1) is 0 Å². The fraction of sp³-hybridized carbons (Fsp3) is 1.00. The van der Waals surface area contributed by atoms with Gasteiger partial charge in [-0.2, -0.15) is 0 Å². The summed E-state index contributed by atoms with van der Waals surface area (Å²) < 4.78 is 24.4. The van der Waals surface area contributed by atoms with Crippen molar-refractivity contribution in [2.45, 2.75) is 0 Å². The second-order valence-electron chi connectivity index (χ2n) is 0.238. The second kappa shape index (κ2) is 63.5. The van der Waals surface area contributed by atoms with E-state index in [4.69, 9.17) is 26.7 Å². The molecule has 0 aromatic heterocycles. The molecule has 0 heterocycles. The third kappa shape index (κ3) is 664000. The van der Waals surface area contributed by atoms with Gasteiger partial charge in [-0.3, -0.25) is 0 Å². The van der Waals surface area contributed by atoms with Gasteiger partial charge in [-0.05, 0) is 0 Å². The maximum absolute atomic E-state index is 8.67. The first-order chi connectivity index (χ1) is 4.73. The molecular weight excluding hydrogens is 183 g/mol. The monoisotopic (exact) mass is 196 g/mol. The Bertz CT molecular complexity index is 61.4. The van der Waals surface area contributed by atoms with Gasteiger partial charge in [-0.1, -0.05) is 0 Å². The van der Waals surface area contributed by atoms with Crippen molar-refractivity contribution >= 4 is 0 Å². The van der Waals surface area contributed by atoms with Crippen LogP contribution in [-0.2, 0) is 22.7 Å². The Morgan fingerprint density at radius 2 is 0.800 bits per heavy atom. The Morgan fingerprint density at radius 3 is 0.800 bits per heavy atom. The second-order valence-corrected chi connectivity index (χ2v) is 0.981. The fourth-order valence-corrected chi connectivity index (χ4v) is 0. The molecule has 66 valence electrons. The molecule has 10 heavy (non-hydrogen) atoms. The van der Waals surface area contributed by atoms with Crippen LogP contribution in [-0.4, -0.2) is 40.7 Å². The minimum atomic E-state index is -3.69. The van der Waals surface area contributed by atoms with Crippen LogP contribution in [0.4, 0.5) is 0 Å². The fourth-order valence-electron chi connectivity index (χ4n) is 0. The maximum atomic E-state index is 8.67. The van der Waals surface area contributed by atoms with Gasteiger partial charge in [0.25, 0.3) is 0 Å². The summed E-state index contributed by atoms with van der Waals surface area (Å²) in [7, 11) is 3.00. The summed E-state index contributed by atoms with van der Waals surface area (Å²) >= 11 is -3.69. The van der Waals surface area contributed by atoms with Gasteiger partial charge < -0.3 is 15.3 Å². The molecule has 0 aliphatic carbocycles. The van der Waals surface area contributed by atoms with Crippen molar-refractivity contribution in [3.63, 3.8) is 0 Å². The van der Waals surface area contributed by atoms with Crippen LogP contribution in [0.15, 0.2) is 0 Å². The Labute approximate surface area is 64.1 Å². The van der Waals surface area contributed by atoms with Crippen molar-refractivity contribution in [2.24, 2.45) is 0 Å². The van der Waals surface area contributed by atoms with E-state index in [0.717, 1.165) is 21.3 Å². The van der Waals surface area contributed by atoms with Crippen molar-refractivity contribution in [3.8, 4) is 0 Å². The van der Waals surface area contributed by atoms with E-state index in [1.807, 2.05) is 0 Å². The van der Waals surface area contributed by atoms with E-state index in [1.54, 1.807) is 0 Å². The summed E-state index contributed by atoms with van der Waals surface area (Å²) in [6.45, 7) is 0. The number of hydrogen-bond donors (Lipinski definition) is 4. The molecular formula is C3H13O6V. The summed E-state index contributed by atoms with van der Waals surface area (Å²) in [6.07, 6.45) is 0. The zero-order valence-corrected chi connectivity index (χ0v) is 7.45. The molecule has 0 aromatic carbocycles. The van der Waals surface area contributed by atoms with E-state index < -0.39 is 15.4 Å².